The molecular weight excluding hydrogens is 250 g/mol. The molecule has 2 aromatic rings. The van der Waals surface area contributed by atoms with E-state index >= 15 is 0 Å². The van der Waals surface area contributed by atoms with Crippen LogP contribution in [0.1, 0.15) is 19.8 Å². The molecule has 0 fully saturated rings. The van der Waals surface area contributed by atoms with E-state index in [4.69, 9.17) is 11.6 Å². The van der Waals surface area contributed by atoms with Crippen LogP contribution < -0.4 is 5.32 Å². The van der Waals surface area contributed by atoms with E-state index in [2.05, 4.69) is 38.3 Å². The van der Waals surface area contributed by atoms with Crippen molar-refractivity contribution in [3.8, 4) is 0 Å². The molecule has 0 aliphatic rings. The first-order valence-electron chi connectivity index (χ1n) is 5.99. The molecule has 2 rings (SSSR count). The molecule has 6 heteroatoms. The molecule has 5 nitrogen and oxygen atoms in total. The number of hydrogen-bond acceptors (Lipinski definition) is 4. The van der Waals surface area contributed by atoms with Crippen LogP contribution in [-0.2, 0) is 6.54 Å². The summed E-state index contributed by atoms with van der Waals surface area (Å²) in [7, 11) is 0. The topological polar surface area (TPSA) is 55.6 Å². The van der Waals surface area contributed by atoms with Crippen molar-refractivity contribution in [3.63, 3.8) is 0 Å². The van der Waals surface area contributed by atoms with Crippen molar-refractivity contribution in [2.24, 2.45) is 0 Å². The van der Waals surface area contributed by atoms with Crippen LogP contribution in [0.25, 0.3) is 11.2 Å². The number of aryl methyl sites for hydroxylation is 1. The SMILES string of the molecule is C=CCNc1nc(Cl)nc2ncn(CCCC)c12. The Hall–Kier alpha value is -1.62. The van der Waals surface area contributed by atoms with Crippen LogP contribution in [-0.4, -0.2) is 26.1 Å². The molecule has 96 valence electrons. The summed E-state index contributed by atoms with van der Waals surface area (Å²) in [6.07, 6.45) is 5.78. The molecule has 0 saturated carbocycles. The first-order chi connectivity index (χ1) is 8.76. The maximum Gasteiger partial charge on any atom is 0.226 e. The van der Waals surface area contributed by atoms with Gasteiger partial charge in [-0.25, -0.2) is 4.98 Å². The van der Waals surface area contributed by atoms with Gasteiger partial charge in [0.25, 0.3) is 0 Å². The third-order valence-corrected chi connectivity index (χ3v) is 2.78. The normalized spacial score (nSPS) is 10.8. The molecule has 0 saturated heterocycles. The van der Waals surface area contributed by atoms with Gasteiger partial charge in [0.15, 0.2) is 11.5 Å². The lowest BCUT2D eigenvalue weighted by Gasteiger charge is -2.08. The highest BCUT2D eigenvalue weighted by Gasteiger charge is 2.12. The molecule has 1 N–H and O–H groups in total. The zero-order valence-corrected chi connectivity index (χ0v) is 11.1. The number of fused-ring (bicyclic) bond motifs is 1. The van der Waals surface area contributed by atoms with E-state index in [1.807, 2.05) is 0 Å². The zero-order valence-electron chi connectivity index (χ0n) is 10.4. The van der Waals surface area contributed by atoms with Crippen molar-refractivity contribution in [1.82, 2.24) is 19.5 Å². The van der Waals surface area contributed by atoms with Gasteiger partial charge in [-0.15, -0.1) is 6.58 Å². The Balaban J connectivity index is 2.43. The minimum Gasteiger partial charge on any atom is -0.365 e. The number of nitrogens with one attached hydrogen (secondary N) is 1. The largest absolute Gasteiger partial charge is 0.365 e. The summed E-state index contributed by atoms with van der Waals surface area (Å²) in [5.41, 5.74) is 1.52. The number of nitrogens with zero attached hydrogens (tertiary/aromatic N) is 4. The van der Waals surface area contributed by atoms with Gasteiger partial charge in [0.05, 0.1) is 6.33 Å². The first kappa shape index (κ1) is 12.8. The second kappa shape index (κ2) is 5.82. The van der Waals surface area contributed by atoms with Gasteiger partial charge in [-0.1, -0.05) is 19.4 Å². The van der Waals surface area contributed by atoms with Gasteiger partial charge in [-0.2, -0.15) is 9.97 Å². The van der Waals surface area contributed by atoms with E-state index in [9.17, 15) is 0 Å². The fourth-order valence-corrected chi connectivity index (χ4v) is 1.91. The van der Waals surface area contributed by atoms with Gasteiger partial charge in [0.2, 0.25) is 5.28 Å². The summed E-state index contributed by atoms with van der Waals surface area (Å²) in [6, 6.07) is 0. The molecular formula is C12H16ClN5. The molecule has 0 aliphatic carbocycles. The van der Waals surface area contributed by atoms with Gasteiger partial charge >= 0.3 is 0 Å². The van der Waals surface area contributed by atoms with Crippen LogP contribution >= 0.6 is 11.6 Å². The second-order valence-corrected chi connectivity index (χ2v) is 4.31. The smallest absolute Gasteiger partial charge is 0.226 e. The fraction of sp³-hybridized carbons (Fsp3) is 0.417. The predicted octanol–water partition coefficient (Wildman–Crippen LogP) is 2.88. The Morgan fingerprint density at radius 2 is 2.33 bits per heavy atom. The van der Waals surface area contributed by atoms with Crippen molar-refractivity contribution in [2.45, 2.75) is 26.3 Å². The van der Waals surface area contributed by atoms with Gasteiger partial charge in [0.1, 0.15) is 5.52 Å². The number of halogens is 1. The molecule has 2 heterocycles. The molecule has 0 aromatic carbocycles. The lowest BCUT2D eigenvalue weighted by molar-refractivity contribution is 0.645. The summed E-state index contributed by atoms with van der Waals surface area (Å²) >= 11 is 5.88. The van der Waals surface area contributed by atoms with Gasteiger partial charge in [-0.05, 0) is 18.0 Å². The van der Waals surface area contributed by atoms with E-state index in [1.54, 1.807) is 12.4 Å². The summed E-state index contributed by atoms with van der Waals surface area (Å²) in [5.74, 6) is 0.707. The monoisotopic (exact) mass is 265 g/mol. The fourth-order valence-electron chi connectivity index (χ4n) is 1.74. The van der Waals surface area contributed by atoms with Crippen LogP contribution in [0.15, 0.2) is 19.0 Å². The van der Waals surface area contributed by atoms with Crippen molar-refractivity contribution < 1.29 is 0 Å². The van der Waals surface area contributed by atoms with Crippen molar-refractivity contribution in [2.75, 3.05) is 11.9 Å². The highest BCUT2D eigenvalue weighted by atomic mass is 35.5. The molecule has 0 radical (unpaired) electrons. The van der Waals surface area contributed by atoms with Crippen molar-refractivity contribution >= 4 is 28.6 Å². The lowest BCUT2D eigenvalue weighted by atomic mass is 10.3. The number of unbranched alkanes of at least 4 members (excludes halogenated alkanes) is 1. The molecule has 0 unspecified atom stereocenters. The Morgan fingerprint density at radius 1 is 1.50 bits per heavy atom. The minimum absolute atomic E-state index is 0.204. The van der Waals surface area contributed by atoms with E-state index in [-0.39, 0.29) is 5.28 Å². The van der Waals surface area contributed by atoms with E-state index in [1.165, 1.54) is 0 Å². The summed E-state index contributed by atoms with van der Waals surface area (Å²) in [5, 5.41) is 3.37. The van der Waals surface area contributed by atoms with Gasteiger partial charge in [-0.3, -0.25) is 0 Å². The van der Waals surface area contributed by atoms with E-state index in [0.717, 1.165) is 24.9 Å². The summed E-state index contributed by atoms with van der Waals surface area (Å²) in [4.78, 5) is 12.6. The first-order valence-corrected chi connectivity index (χ1v) is 6.37. The van der Waals surface area contributed by atoms with Crippen LogP contribution in [0.3, 0.4) is 0 Å². The van der Waals surface area contributed by atoms with E-state index in [0.29, 0.717) is 18.0 Å². The Labute approximate surface area is 111 Å². The summed E-state index contributed by atoms with van der Waals surface area (Å²) < 4.78 is 2.06. The van der Waals surface area contributed by atoms with Gasteiger partial charge < -0.3 is 9.88 Å². The zero-order chi connectivity index (χ0) is 13.0. The Bertz CT molecular complexity index is 549. The predicted molar refractivity (Wildman–Crippen MR) is 73.9 cm³/mol. The average Bonchev–Trinajstić information content (AvgIpc) is 2.76. The molecule has 18 heavy (non-hydrogen) atoms. The van der Waals surface area contributed by atoms with E-state index < -0.39 is 0 Å². The van der Waals surface area contributed by atoms with Crippen LogP contribution in [0, 0.1) is 0 Å². The highest BCUT2D eigenvalue weighted by molar-refractivity contribution is 6.28. The summed E-state index contributed by atoms with van der Waals surface area (Å²) in [6.45, 7) is 7.36. The molecule has 0 atom stereocenters. The second-order valence-electron chi connectivity index (χ2n) is 3.97. The Morgan fingerprint density at radius 3 is 3.06 bits per heavy atom. The number of imidazole rings is 1. The number of aromatic nitrogens is 4. The van der Waals surface area contributed by atoms with Crippen LogP contribution in [0.5, 0.6) is 0 Å². The maximum atomic E-state index is 5.88. The lowest BCUT2D eigenvalue weighted by Crippen LogP contribution is -2.05. The number of anilines is 1. The molecule has 0 aliphatic heterocycles. The average molecular weight is 266 g/mol. The van der Waals surface area contributed by atoms with Gasteiger partial charge in [0, 0.05) is 13.1 Å². The number of rotatable bonds is 6. The Kier molecular flexibility index (Phi) is 4.15. The van der Waals surface area contributed by atoms with Crippen molar-refractivity contribution in [1.29, 1.82) is 0 Å². The molecule has 0 amide bonds. The third kappa shape index (κ3) is 2.61. The molecule has 2 aromatic heterocycles. The highest BCUT2D eigenvalue weighted by Crippen LogP contribution is 2.21. The van der Waals surface area contributed by atoms with Crippen molar-refractivity contribution in [3.05, 3.63) is 24.3 Å². The third-order valence-electron chi connectivity index (χ3n) is 2.61. The maximum absolute atomic E-state index is 5.88. The quantitative estimate of drug-likeness (QED) is 0.645. The minimum atomic E-state index is 0.204. The number of hydrogen-bond donors (Lipinski definition) is 1. The van der Waals surface area contributed by atoms with Crippen LogP contribution in [0.4, 0.5) is 5.82 Å². The van der Waals surface area contributed by atoms with Crippen LogP contribution in [0.2, 0.25) is 5.28 Å². The standard InChI is InChI=1S/C12H16ClN5/c1-3-5-7-18-8-15-11-9(18)10(14-6-4-2)16-12(13)17-11/h4,8H,2-3,5-7H2,1H3,(H,14,16,17). The molecule has 0 bridgehead atoms. The molecule has 0 spiro atoms.